The summed E-state index contributed by atoms with van der Waals surface area (Å²) >= 11 is 6.33. The molecule has 0 radical (unpaired) electrons. The number of fused-ring (bicyclic) bond motifs is 1. The lowest BCUT2D eigenvalue weighted by Crippen LogP contribution is -2.30. The fraction of sp³-hybridized carbons (Fsp3) is 0.500. The summed E-state index contributed by atoms with van der Waals surface area (Å²) in [5.74, 6) is 1.86. The molecule has 140 valence electrons. The van der Waals surface area contributed by atoms with Crippen LogP contribution < -0.4 is 14.8 Å². The monoisotopic (exact) mass is 379 g/mol. The minimum atomic E-state index is -0.338. The van der Waals surface area contributed by atoms with Gasteiger partial charge in [-0.2, -0.15) is 4.98 Å². The van der Waals surface area contributed by atoms with Crippen LogP contribution in [-0.4, -0.2) is 29.3 Å². The van der Waals surface area contributed by atoms with Gasteiger partial charge in [-0.3, -0.25) is 4.79 Å². The summed E-state index contributed by atoms with van der Waals surface area (Å²) in [5.41, 5.74) is 0.667. The largest absolute Gasteiger partial charge is 0.489 e. The molecule has 1 aromatic carbocycles. The van der Waals surface area contributed by atoms with E-state index in [-0.39, 0.29) is 17.9 Å². The van der Waals surface area contributed by atoms with Gasteiger partial charge < -0.3 is 19.3 Å². The van der Waals surface area contributed by atoms with E-state index in [4.69, 9.17) is 25.6 Å². The first-order valence-corrected chi connectivity index (χ1v) is 9.07. The van der Waals surface area contributed by atoms with Crippen LogP contribution in [0.2, 0.25) is 5.02 Å². The summed E-state index contributed by atoms with van der Waals surface area (Å²) in [6.07, 6.45) is 1.65. The number of hydrogen-bond acceptors (Lipinski definition) is 6. The Balaban J connectivity index is 1.93. The molecule has 0 aliphatic carbocycles. The van der Waals surface area contributed by atoms with Crippen molar-refractivity contribution >= 4 is 17.5 Å². The molecule has 1 aliphatic heterocycles. The average molecular weight is 380 g/mol. The normalized spacial score (nSPS) is 15.8. The maximum Gasteiger partial charge on any atom is 0.249 e. The molecule has 3 rings (SSSR count). The number of carbonyl (C=O) groups excluding carboxylic acids is 1. The molecule has 26 heavy (non-hydrogen) atoms. The van der Waals surface area contributed by atoms with Crippen molar-refractivity contribution in [3.63, 3.8) is 0 Å². The number of carbonyl (C=O) groups is 1. The fourth-order valence-corrected chi connectivity index (χ4v) is 3.01. The highest BCUT2D eigenvalue weighted by Gasteiger charge is 2.26. The Morgan fingerprint density at radius 1 is 1.35 bits per heavy atom. The minimum absolute atomic E-state index is 0.145. The number of nitrogens with zero attached hydrogens (tertiary/aromatic N) is 2. The van der Waals surface area contributed by atoms with Crippen molar-refractivity contribution in [2.45, 2.75) is 39.7 Å². The zero-order valence-corrected chi connectivity index (χ0v) is 15.8. The fourth-order valence-electron chi connectivity index (χ4n) is 2.74. The number of nitrogens with one attached hydrogen (secondary N) is 1. The van der Waals surface area contributed by atoms with E-state index in [2.05, 4.69) is 15.5 Å². The van der Waals surface area contributed by atoms with Crippen LogP contribution in [0.5, 0.6) is 11.5 Å². The average Bonchev–Trinajstić information content (AvgIpc) is 2.97. The number of rotatable bonds is 5. The molecule has 2 atom stereocenters. The van der Waals surface area contributed by atoms with E-state index in [1.54, 1.807) is 12.1 Å². The summed E-state index contributed by atoms with van der Waals surface area (Å²) in [6, 6.07) is 3.17. The van der Waals surface area contributed by atoms with Gasteiger partial charge in [-0.15, -0.1) is 0 Å². The Hall–Kier alpha value is -2.28. The number of benzene rings is 1. The minimum Gasteiger partial charge on any atom is -0.489 e. The number of ether oxygens (including phenoxy) is 2. The lowest BCUT2D eigenvalue weighted by atomic mass is 9.99. The highest BCUT2D eigenvalue weighted by atomic mass is 35.5. The van der Waals surface area contributed by atoms with Crippen LogP contribution in [0.3, 0.4) is 0 Å². The van der Waals surface area contributed by atoms with E-state index in [1.807, 2.05) is 13.8 Å². The summed E-state index contributed by atoms with van der Waals surface area (Å²) < 4.78 is 16.8. The molecule has 2 aromatic rings. The summed E-state index contributed by atoms with van der Waals surface area (Å²) in [4.78, 5) is 16.0. The van der Waals surface area contributed by atoms with Gasteiger partial charge >= 0.3 is 0 Å². The summed E-state index contributed by atoms with van der Waals surface area (Å²) in [6.45, 7) is 6.65. The molecule has 1 amide bonds. The Labute approximate surface area is 157 Å². The van der Waals surface area contributed by atoms with Crippen molar-refractivity contribution < 1.29 is 18.8 Å². The molecule has 0 bridgehead atoms. The third kappa shape index (κ3) is 3.93. The Kier molecular flexibility index (Phi) is 5.66. The first-order valence-electron chi connectivity index (χ1n) is 8.69. The predicted octanol–water partition coefficient (Wildman–Crippen LogP) is 3.77. The number of aromatic nitrogens is 2. The maximum atomic E-state index is 11.5. The van der Waals surface area contributed by atoms with Gasteiger partial charge in [-0.05, 0) is 18.1 Å². The van der Waals surface area contributed by atoms with Crippen molar-refractivity contribution in [3.05, 3.63) is 23.0 Å². The van der Waals surface area contributed by atoms with Gasteiger partial charge in [0.2, 0.25) is 17.6 Å². The molecule has 0 saturated carbocycles. The second kappa shape index (κ2) is 7.95. The summed E-state index contributed by atoms with van der Waals surface area (Å²) in [7, 11) is 0. The van der Waals surface area contributed by atoms with Crippen molar-refractivity contribution in [3.8, 4) is 22.9 Å². The lowest BCUT2D eigenvalue weighted by molar-refractivity contribution is -0.120. The number of halogens is 1. The SMILES string of the molecule is CC[C@H](C)[C@H](NC(C)=O)c1nc(-c2cc(Cl)c3c(c2)OCCCO3)no1. The topological polar surface area (TPSA) is 86.5 Å². The number of hydrogen-bond donors (Lipinski definition) is 1. The van der Waals surface area contributed by atoms with Crippen molar-refractivity contribution in [1.82, 2.24) is 15.5 Å². The molecular formula is C18H22ClN3O4. The second-order valence-electron chi connectivity index (χ2n) is 6.36. The molecule has 0 fully saturated rings. The Morgan fingerprint density at radius 3 is 2.85 bits per heavy atom. The van der Waals surface area contributed by atoms with Gasteiger partial charge in [-0.25, -0.2) is 0 Å². The smallest absolute Gasteiger partial charge is 0.249 e. The zero-order chi connectivity index (χ0) is 18.7. The van der Waals surface area contributed by atoms with Gasteiger partial charge in [0.1, 0.15) is 6.04 Å². The van der Waals surface area contributed by atoms with E-state index >= 15 is 0 Å². The predicted molar refractivity (Wildman–Crippen MR) is 96.4 cm³/mol. The molecular weight excluding hydrogens is 358 g/mol. The first kappa shape index (κ1) is 18.5. The molecule has 7 nitrogen and oxygen atoms in total. The maximum absolute atomic E-state index is 11.5. The van der Waals surface area contributed by atoms with Crippen LogP contribution >= 0.6 is 11.6 Å². The number of amides is 1. The van der Waals surface area contributed by atoms with Gasteiger partial charge in [-0.1, -0.05) is 37.0 Å². The standard InChI is InChI=1S/C18H22ClN3O4/c1-4-10(2)15(20-11(3)23)18-21-17(22-26-18)12-8-13(19)16-14(9-12)24-6-5-7-25-16/h8-10,15H,4-7H2,1-3H3,(H,20,23)/t10-,15-/m0/s1. The highest BCUT2D eigenvalue weighted by Crippen LogP contribution is 2.40. The van der Waals surface area contributed by atoms with Crippen molar-refractivity contribution in [1.29, 1.82) is 0 Å². The van der Waals surface area contributed by atoms with E-state index in [0.29, 0.717) is 47.0 Å². The molecule has 8 heteroatoms. The summed E-state index contributed by atoms with van der Waals surface area (Å²) in [5, 5.41) is 7.36. The van der Waals surface area contributed by atoms with E-state index in [9.17, 15) is 4.79 Å². The first-order chi connectivity index (χ1) is 12.5. The third-order valence-corrected chi connectivity index (χ3v) is 4.62. The molecule has 0 saturated heterocycles. The van der Waals surface area contributed by atoms with Crippen molar-refractivity contribution in [2.24, 2.45) is 5.92 Å². The molecule has 1 aliphatic rings. The zero-order valence-electron chi connectivity index (χ0n) is 15.0. The van der Waals surface area contributed by atoms with E-state index < -0.39 is 0 Å². The van der Waals surface area contributed by atoms with Gasteiger partial charge in [0.05, 0.1) is 18.2 Å². The van der Waals surface area contributed by atoms with E-state index in [1.165, 1.54) is 6.92 Å². The van der Waals surface area contributed by atoms with Crippen LogP contribution in [0.15, 0.2) is 16.7 Å². The van der Waals surface area contributed by atoms with Crippen LogP contribution in [0, 0.1) is 5.92 Å². The Bertz CT molecular complexity index is 793. The lowest BCUT2D eigenvalue weighted by Gasteiger charge is -2.19. The van der Waals surface area contributed by atoms with Crippen LogP contribution in [0.1, 0.15) is 45.5 Å². The molecule has 1 aromatic heterocycles. The molecule has 0 unspecified atom stereocenters. The highest BCUT2D eigenvalue weighted by molar-refractivity contribution is 6.32. The third-order valence-electron chi connectivity index (χ3n) is 4.34. The molecule has 0 spiro atoms. The van der Waals surface area contributed by atoms with Gasteiger partial charge in [0, 0.05) is 18.9 Å². The van der Waals surface area contributed by atoms with Crippen LogP contribution in [0.25, 0.3) is 11.4 Å². The van der Waals surface area contributed by atoms with Gasteiger partial charge in [0.15, 0.2) is 11.5 Å². The molecule has 2 heterocycles. The quantitative estimate of drug-likeness (QED) is 0.850. The van der Waals surface area contributed by atoms with Gasteiger partial charge in [0.25, 0.3) is 0 Å². The Morgan fingerprint density at radius 2 is 2.12 bits per heavy atom. The van der Waals surface area contributed by atoms with Crippen molar-refractivity contribution in [2.75, 3.05) is 13.2 Å². The second-order valence-corrected chi connectivity index (χ2v) is 6.76. The van der Waals surface area contributed by atoms with Crippen LogP contribution in [-0.2, 0) is 4.79 Å². The van der Waals surface area contributed by atoms with E-state index in [0.717, 1.165) is 12.8 Å². The van der Waals surface area contributed by atoms with Crippen LogP contribution in [0.4, 0.5) is 0 Å². The molecule has 1 N–H and O–H groups in total.